The van der Waals surface area contributed by atoms with Crippen molar-refractivity contribution in [2.45, 2.75) is 72.0 Å². The van der Waals surface area contributed by atoms with E-state index in [1.807, 2.05) is 0 Å². The van der Waals surface area contributed by atoms with E-state index in [1.54, 1.807) is 0 Å². The number of hydrogen-bond acceptors (Lipinski definition) is 3. The normalized spacial score (nSPS) is 33.3. The lowest BCUT2D eigenvalue weighted by Gasteiger charge is -2.38. The summed E-state index contributed by atoms with van der Waals surface area (Å²) in [5.41, 5.74) is 0. The molecular weight excluding hydrogens is 274 g/mol. The standard InChI is InChI=1S/C19H37NO2/c1-14(2)18-6-5-16(4)11-19(18)22-13-17(21)12-20-9-7-15(3)8-10-20/h14-19,21H,5-13H2,1-4H3/t16-,17+,18+,19+/m1/s1. The Kier molecular flexibility index (Phi) is 7.17. The first-order valence-corrected chi connectivity index (χ1v) is 9.47. The maximum atomic E-state index is 10.3. The van der Waals surface area contributed by atoms with Crippen LogP contribution < -0.4 is 0 Å². The number of aliphatic hydroxyl groups excluding tert-OH is 1. The van der Waals surface area contributed by atoms with Gasteiger partial charge in [-0.25, -0.2) is 0 Å². The van der Waals surface area contributed by atoms with Gasteiger partial charge in [0.1, 0.15) is 0 Å². The Bertz CT molecular complexity index is 313. The van der Waals surface area contributed by atoms with Gasteiger partial charge in [0.2, 0.25) is 0 Å². The summed E-state index contributed by atoms with van der Waals surface area (Å²) < 4.78 is 6.18. The molecule has 3 heteroatoms. The number of ether oxygens (including phenoxy) is 1. The molecule has 0 aromatic rings. The highest BCUT2D eigenvalue weighted by atomic mass is 16.5. The number of β-amino-alcohol motifs (C(OH)–C–C–N with tert-alkyl or cyclic N) is 1. The molecule has 2 fully saturated rings. The van der Waals surface area contributed by atoms with Crippen molar-refractivity contribution in [2.24, 2.45) is 23.7 Å². The maximum Gasteiger partial charge on any atom is 0.0900 e. The summed E-state index contributed by atoms with van der Waals surface area (Å²) in [6, 6.07) is 0. The van der Waals surface area contributed by atoms with Crippen LogP contribution in [0.25, 0.3) is 0 Å². The van der Waals surface area contributed by atoms with Crippen LogP contribution in [0, 0.1) is 23.7 Å². The lowest BCUT2D eigenvalue weighted by molar-refractivity contribution is -0.0749. The lowest BCUT2D eigenvalue weighted by Crippen LogP contribution is -2.41. The van der Waals surface area contributed by atoms with Crippen LogP contribution >= 0.6 is 0 Å². The van der Waals surface area contributed by atoms with Gasteiger partial charge in [0, 0.05) is 6.54 Å². The van der Waals surface area contributed by atoms with E-state index in [0.717, 1.165) is 37.9 Å². The summed E-state index contributed by atoms with van der Waals surface area (Å²) in [7, 11) is 0. The van der Waals surface area contributed by atoms with Gasteiger partial charge in [-0.2, -0.15) is 0 Å². The molecule has 0 amide bonds. The molecule has 4 atom stereocenters. The number of rotatable bonds is 6. The Morgan fingerprint density at radius 1 is 1.05 bits per heavy atom. The highest BCUT2D eigenvalue weighted by Crippen LogP contribution is 2.35. The van der Waals surface area contributed by atoms with Crippen molar-refractivity contribution in [3.63, 3.8) is 0 Å². The van der Waals surface area contributed by atoms with Crippen molar-refractivity contribution in [1.29, 1.82) is 0 Å². The fourth-order valence-electron chi connectivity index (χ4n) is 4.14. The van der Waals surface area contributed by atoms with Gasteiger partial charge >= 0.3 is 0 Å². The van der Waals surface area contributed by atoms with E-state index < -0.39 is 0 Å². The average molecular weight is 312 g/mol. The summed E-state index contributed by atoms with van der Waals surface area (Å²) in [6.45, 7) is 12.8. The second kappa shape index (κ2) is 8.65. The molecule has 2 aliphatic rings. The van der Waals surface area contributed by atoms with Crippen LogP contribution in [0.2, 0.25) is 0 Å². The maximum absolute atomic E-state index is 10.3. The topological polar surface area (TPSA) is 32.7 Å². The zero-order chi connectivity index (χ0) is 16.1. The predicted octanol–water partition coefficient (Wildman–Crippen LogP) is 3.56. The summed E-state index contributed by atoms with van der Waals surface area (Å²) in [4.78, 5) is 2.40. The summed E-state index contributed by atoms with van der Waals surface area (Å²) in [5, 5.41) is 10.3. The minimum absolute atomic E-state index is 0.335. The molecule has 1 saturated carbocycles. The first-order valence-electron chi connectivity index (χ1n) is 9.47. The monoisotopic (exact) mass is 311 g/mol. The van der Waals surface area contributed by atoms with Crippen LogP contribution in [0.1, 0.15) is 59.8 Å². The van der Waals surface area contributed by atoms with Gasteiger partial charge in [-0.05, 0) is 62.4 Å². The van der Waals surface area contributed by atoms with Crippen molar-refractivity contribution >= 4 is 0 Å². The van der Waals surface area contributed by atoms with Crippen LogP contribution in [-0.2, 0) is 4.74 Å². The van der Waals surface area contributed by atoms with Gasteiger partial charge in [0.15, 0.2) is 0 Å². The Hall–Kier alpha value is -0.120. The summed E-state index contributed by atoms with van der Waals surface area (Å²) in [6.07, 6.45) is 6.32. The van der Waals surface area contributed by atoms with E-state index in [4.69, 9.17) is 4.74 Å². The molecule has 0 unspecified atom stereocenters. The molecule has 0 aromatic heterocycles. The quantitative estimate of drug-likeness (QED) is 0.814. The second-order valence-corrected chi connectivity index (χ2v) is 8.33. The van der Waals surface area contributed by atoms with Crippen molar-refractivity contribution in [3.05, 3.63) is 0 Å². The zero-order valence-corrected chi connectivity index (χ0v) is 15.1. The number of likely N-dealkylation sites (tertiary alicyclic amines) is 1. The first-order chi connectivity index (χ1) is 10.5. The number of hydrogen-bond donors (Lipinski definition) is 1. The van der Waals surface area contributed by atoms with Crippen LogP contribution in [0.3, 0.4) is 0 Å². The van der Waals surface area contributed by atoms with E-state index in [9.17, 15) is 5.11 Å². The molecule has 3 nitrogen and oxygen atoms in total. The van der Waals surface area contributed by atoms with Gasteiger partial charge in [0.25, 0.3) is 0 Å². The number of nitrogens with zero attached hydrogens (tertiary/aromatic N) is 1. The molecule has 1 heterocycles. The minimum atomic E-state index is -0.335. The van der Waals surface area contributed by atoms with E-state index in [-0.39, 0.29) is 6.10 Å². The van der Waals surface area contributed by atoms with Crippen LogP contribution in [0.4, 0.5) is 0 Å². The third-order valence-electron chi connectivity index (χ3n) is 5.81. The molecule has 1 aliphatic heterocycles. The SMILES string of the molecule is CC1CCN(C[C@H](O)CO[C@H]2C[C@H](C)CC[C@H]2C(C)C)CC1. The van der Waals surface area contributed by atoms with Crippen molar-refractivity contribution < 1.29 is 9.84 Å². The smallest absolute Gasteiger partial charge is 0.0900 e. The van der Waals surface area contributed by atoms with Gasteiger partial charge in [-0.15, -0.1) is 0 Å². The molecule has 2 rings (SSSR count). The molecule has 1 N–H and O–H groups in total. The predicted molar refractivity (Wildman–Crippen MR) is 91.9 cm³/mol. The van der Waals surface area contributed by atoms with E-state index >= 15 is 0 Å². The van der Waals surface area contributed by atoms with Gasteiger partial charge in [-0.3, -0.25) is 0 Å². The van der Waals surface area contributed by atoms with Crippen molar-refractivity contribution in [1.82, 2.24) is 4.90 Å². The fraction of sp³-hybridized carbons (Fsp3) is 1.00. The van der Waals surface area contributed by atoms with Crippen LogP contribution in [-0.4, -0.2) is 48.5 Å². The van der Waals surface area contributed by atoms with Gasteiger partial charge < -0.3 is 14.7 Å². The lowest BCUT2D eigenvalue weighted by atomic mass is 9.75. The minimum Gasteiger partial charge on any atom is -0.389 e. The number of piperidine rings is 1. The van der Waals surface area contributed by atoms with E-state index in [2.05, 4.69) is 32.6 Å². The molecule has 1 aliphatic carbocycles. The largest absolute Gasteiger partial charge is 0.389 e. The summed E-state index contributed by atoms with van der Waals surface area (Å²) in [5.74, 6) is 2.96. The Balaban J connectivity index is 1.73. The molecule has 0 radical (unpaired) electrons. The molecular formula is C19H37NO2. The fourth-order valence-corrected chi connectivity index (χ4v) is 4.14. The van der Waals surface area contributed by atoms with Gasteiger partial charge in [-0.1, -0.05) is 34.1 Å². The highest BCUT2D eigenvalue weighted by Gasteiger charge is 2.31. The highest BCUT2D eigenvalue weighted by molar-refractivity contribution is 4.82. The van der Waals surface area contributed by atoms with Crippen molar-refractivity contribution in [2.75, 3.05) is 26.2 Å². The third kappa shape index (κ3) is 5.50. The number of aliphatic hydroxyl groups is 1. The molecule has 0 bridgehead atoms. The molecule has 22 heavy (non-hydrogen) atoms. The van der Waals surface area contributed by atoms with Crippen LogP contribution in [0.15, 0.2) is 0 Å². The Morgan fingerprint density at radius 3 is 2.36 bits per heavy atom. The Morgan fingerprint density at radius 2 is 1.73 bits per heavy atom. The molecule has 130 valence electrons. The van der Waals surface area contributed by atoms with Crippen LogP contribution in [0.5, 0.6) is 0 Å². The molecule has 1 saturated heterocycles. The second-order valence-electron chi connectivity index (χ2n) is 8.33. The molecule has 0 aromatic carbocycles. The average Bonchev–Trinajstić information content (AvgIpc) is 2.47. The van der Waals surface area contributed by atoms with E-state index in [0.29, 0.717) is 24.5 Å². The van der Waals surface area contributed by atoms with E-state index in [1.165, 1.54) is 25.7 Å². The Labute approximate surface area is 137 Å². The van der Waals surface area contributed by atoms with Gasteiger partial charge in [0.05, 0.1) is 18.8 Å². The summed E-state index contributed by atoms with van der Waals surface area (Å²) >= 11 is 0. The zero-order valence-electron chi connectivity index (χ0n) is 15.1. The molecule has 0 spiro atoms. The van der Waals surface area contributed by atoms with Crippen molar-refractivity contribution in [3.8, 4) is 0 Å². The third-order valence-corrected chi connectivity index (χ3v) is 5.81. The first kappa shape index (κ1) is 18.2.